The van der Waals surface area contributed by atoms with Crippen molar-refractivity contribution in [2.75, 3.05) is 13.2 Å². The first-order valence-electron chi connectivity index (χ1n) is 7.70. The fourth-order valence-corrected chi connectivity index (χ4v) is 2.64. The molecule has 0 fully saturated rings. The molecule has 0 radical (unpaired) electrons. The Bertz CT molecular complexity index is 950. The zero-order valence-corrected chi connectivity index (χ0v) is 12.8. The van der Waals surface area contributed by atoms with Gasteiger partial charge in [-0.2, -0.15) is 5.10 Å². The molecule has 0 saturated carbocycles. The van der Waals surface area contributed by atoms with Gasteiger partial charge in [0, 0.05) is 12.7 Å². The number of halogens is 1. The average Bonchev–Trinajstić information content (AvgIpc) is 2.98. The number of nitrogens with zero attached hydrogens (tertiary/aromatic N) is 3. The second kappa shape index (κ2) is 6.04. The molecule has 3 aromatic rings. The Balaban J connectivity index is 1.94. The summed E-state index contributed by atoms with van der Waals surface area (Å²) in [6.07, 6.45) is 3.00. The summed E-state index contributed by atoms with van der Waals surface area (Å²) in [5, 5.41) is 4.58. The molecule has 1 aromatic carbocycles. The van der Waals surface area contributed by atoms with Crippen molar-refractivity contribution in [3.05, 3.63) is 46.4 Å². The third-order valence-corrected chi connectivity index (χ3v) is 3.82. The van der Waals surface area contributed by atoms with Crippen molar-refractivity contribution in [2.45, 2.75) is 19.4 Å². The van der Waals surface area contributed by atoms with E-state index in [4.69, 9.17) is 9.47 Å². The van der Waals surface area contributed by atoms with Crippen molar-refractivity contribution in [2.24, 2.45) is 0 Å². The van der Waals surface area contributed by atoms with Crippen LogP contribution in [0.2, 0.25) is 0 Å². The van der Waals surface area contributed by atoms with Crippen LogP contribution in [0.15, 0.2) is 29.2 Å². The van der Waals surface area contributed by atoms with Crippen molar-refractivity contribution >= 4 is 11.0 Å². The smallest absolute Gasteiger partial charge is 0.262 e. The average molecular weight is 330 g/mol. The Hall–Kier alpha value is -2.74. The van der Waals surface area contributed by atoms with Crippen LogP contribution in [-0.2, 0) is 11.3 Å². The van der Waals surface area contributed by atoms with Crippen LogP contribution in [-0.4, -0.2) is 33.0 Å². The summed E-state index contributed by atoms with van der Waals surface area (Å²) < 4.78 is 26.3. The van der Waals surface area contributed by atoms with Crippen molar-refractivity contribution in [3.8, 4) is 11.4 Å². The largest absolute Gasteiger partial charge is 0.491 e. The maximum atomic E-state index is 13.6. The minimum absolute atomic E-state index is 0.216. The van der Waals surface area contributed by atoms with E-state index in [1.807, 2.05) is 0 Å². The van der Waals surface area contributed by atoms with Crippen molar-refractivity contribution in [3.63, 3.8) is 0 Å². The Morgan fingerprint density at radius 1 is 1.25 bits per heavy atom. The lowest BCUT2D eigenvalue weighted by Crippen LogP contribution is -2.13. The lowest BCUT2D eigenvalue weighted by molar-refractivity contribution is 0.108. The van der Waals surface area contributed by atoms with E-state index in [2.05, 4.69) is 15.1 Å². The number of hydrogen-bond donors (Lipinski definition) is 1. The molecule has 1 aliphatic heterocycles. The van der Waals surface area contributed by atoms with Crippen molar-refractivity contribution in [1.29, 1.82) is 0 Å². The maximum absolute atomic E-state index is 13.6. The van der Waals surface area contributed by atoms with Crippen LogP contribution < -0.4 is 10.3 Å². The third-order valence-electron chi connectivity index (χ3n) is 3.82. The predicted molar refractivity (Wildman–Crippen MR) is 83.8 cm³/mol. The van der Waals surface area contributed by atoms with E-state index >= 15 is 0 Å². The summed E-state index contributed by atoms with van der Waals surface area (Å²) >= 11 is 0. The minimum Gasteiger partial charge on any atom is -0.491 e. The molecule has 7 nitrogen and oxygen atoms in total. The molecule has 1 N–H and O–H groups in total. The van der Waals surface area contributed by atoms with Crippen molar-refractivity contribution in [1.82, 2.24) is 19.7 Å². The molecule has 2 aromatic heterocycles. The van der Waals surface area contributed by atoms with Crippen LogP contribution in [0.5, 0.6) is 5.75 Å². The van der Waals surface area contributed by atoms with Gasteiger partial charge in [-0.25, -0.2) is 14.1 Å². The molecule has 1 aliphatic rings. The summed E-state index contributed by atoms with van der Waals surface area (Å²) in [5.74, 6) is 0.395. The number of H-pyrrole nitrogens is 1. The first kappa shape index (κ1) is 14.8. The second-order valence-corrected chi connectivity index (χ2v) is 5.53. The molecular weight excluding hydrogens is 315 g/mol. The molecular formula is C16H15FN4O3. The highest BCUT2D eigenvalue weighted by atomic mass is 19.1. The van der Waals surface area contributed by atoms with Gasteiger partial charge in [0.15, 0.2) is 5.65 Å². The number of nitrogens with one attached hydrogen (secondary N) is 1. The minimum atomic E-state index is -0.399. The van der Waals surface area contributed by atoms with Gasteiger partial charge in [0.2, 0.25) is 0 Å². The number of aromatic amines is 1. The summed E-state index contributed by atoms with van der Waals surface area (Å²) in [5.41, 5.74) is 0.632. The summed E-state index contributed by atoms with van der Waals surface area (Å²) in [6.45, 7) is 1.18. The molecule has 3 heterocycles. The highest BCUT2D eigenvalue weighted by molar-refractivity contribution is 5.75. The van der Waals surface area contributed by atoms with Gasteiger partial charge in [0.1, 0.15) is 35.1 Å². The fourth-order valence-electron chi connectivity index (χ4n) is 2.64. The van der Waals surface area contributed by atoms with Crippen LogP contribution in [0.1, 0.15) is 18.7 Å². The lowest BCUT2D eigenvalue weighted by Gasteiger charge is -2.12. The molecule has 4 rings (SSSR count). The van der Waals surface area contributed by atoms with Gasteiger partial charge in [-0.05, 0) is 25.0 Å². The first-order chi connectivity index (χ1) is 11.7. The van der Waals surface area contributed by atoms with Crippen LogP contribution >= 0.6 is 0 Å². The Morgan fingerprint density at radius 3 is 3.04 bits per heavy atom. The monoisotopic (exact) mass is 330 g/mol. The third kappa shape index (κ3) is 2.65. The first-order valence-corrected chi connectivity index (χ1v) is 7.70. The van der Waals surface area contributed by atoms with Gasteiger partial charge in [-0.15, -0.1) is 0 Å². The number of rotatable bonds is 0. The van der Waals surface area contributed by atoms with Gasteiger partial charge < -0.3 is 14.5 Å². The molecule has 0 saturated heterocycles. The molecule has 124 valence electrons. The van der Waals surface area contributed by atoms with E-state index in [9.17, 15) is 9.18 Å². The van der Waals surface area contributed by atoms with Crippen LogP contribution in [0.3, 0.4) is 0 Å². The Kier molecular flexibility index (Phi) is 3.73. The molecule has 24 heavy (non-hydrogen) atoms. The Labute approximate surface area is 136 Å². The van der Waals surface area contributed by atoms with E-state index in [0.29, 0.717) is 41.5 Å². The number of hydrogen-bond acceptors (Lipinski definition) is 5. The van der Waals surface area contributed by atoms with E-state index in [1.165, 1.54) is 23.0 Å². The molecule has 0 amide bonds. The van der Waals surface area contributed by atoms with Crippen LogP contribution in [0.4, 0.5) is 4.39 Å². The zero-order chi connectivity index (χ0) is 16.5. The van der Waals surface area contributed by atoms with E-state index in [-0.39, 0.29) is 12.2 Å². The van der Waals surface area contributed by atoms with Crippen LogP contribution in [0.25, 0.3) is 16.7 Å². The van der Waals surface area contributed by atoms with Crippen LogP contribution in [0, 0.1) is 5.82 Å². The Morgan fingerprint density at radius 2 is 2.12 bits per heavy atom. The van der Waals surface area contributed by atoms with Gasteiger partial charge in [-0.1, -0.05) is 0 Å². The van der Waals surface area contributed by atoms with Gasteiger partial charge in [-0.3, -0.25) is 4.79 Å². The highest BCUT2D eigenvalue weighted by Crippen LogP contribution is 2.26. The summed E-state index contributed by atoms with van der Waals surface area (Å²) in [6, 6.07) is 4.20. The van der Waals surface area contributed by atoms with E-state index in [0.717, 1.165) is 12.8 Å². The normalized spacial score (nSPS) is 15.2. The second-order valence-electron chi connectivity index (χ2n) is 5.53. The molecule has 0 spiro atoms. The van der Waals surface area contributed by atoms with Gasteiger partial charge in [0.05, 0.1) is 12.8 Å². The fraction of sp³-hybridized carbons (Fsp3) is 0.312. The summed E-state index contributed by atoms with van der Waals surface area (Å²) in [4.78, 5) is 19.3. The van der Waals surface area contributed by atoms with E-state index < -0.39 is 5.82 Å². The van der Waals surface area contributed by atoms with E-state index in [1.54, 1.807) is 6.07 Å². The quantitative estimate of drug-likeness (QED) is 0.681. The molecule has 2 bridgehead atoms. The number of fused-ring (bicyclic) bond motifs is 3. The highest BCUT2D eigenvalue weighted by Gasteiger charge is 2.16. The molecule has 0 atom stereocenters. The standard InChI is InChI=1S/C16H15FN4O3/c17-10-3-4-12-13(7-10)24-6-2-1-5-23-9-14-19-15-11(16(22)20-14)8-18-21(12)15/h3-4,7-8H,1-2,5-6,9H2,(H,19,20,22). The number of ether oxygens (including phenoxy) is 2. The number of aromatic nitrogens is 4. The predicted octanol–water partition coefficient (Wildman–Crippen LogP) is 1.94. The lowest BCUT2D eigenvalue weighted by atomic mass is 10.2. The van der Waals surface area contributed by atoms with Gasteiger partial charge in [0.25, 0.3) is 5.56 Å². The molecule has 0 aliphatic carbocycles. The SMILES string of the molecule is O=c1[nH]c2nc3c1cnn3-c1ccc(F)cc1OCCCCOC2. The molecule has 8 heteroatoms. The maximum Gasteiger partial charge on any atom is 0.262 e. The van der Waals surface area contributed by atoms with Crippen molar-refractivity contribution < 1.29 is 13.9 Å². The number of benzene rings is 1. The van der Waals surface area contributed by atoms with Gasteiger partial charge >= 0.3 is 0 Å². The zero-order valence-electron chi connectivity index (χ0n) is 12.8. The molecule has 0 unspecified atom stereocenters. The summed E-state index contributed by atoms with van der Waals surface area (Å²) in [7, 11) is 0. The topological polar surface area (TPSA) is 82.0 Å².